The van der Waals surface area contributed by atoms with Gasteiger partial charge < -0.3 is 9.88 Å². The van der Waals surface area contributed by atoms with Crippen molar-refractivity contribution in [2.45, 2.75) is 31.6 Å². The maximum absolute atomic E-state index is 12.9. The molecule has 4 rings (SSSR count). The number of nitrogens with zero attached hydrogens (tertiary/aromatic N) is 1. The van der Waals surface area contributed by atoms with Gasteiger partial charge in [-0.25, -0.2) is 0 Å². The van der Waals surface area contributed by atoms with Crippen LogP contribution < -0.4 is 5.32 Å². The van der Waals surface area contributed by atoms with Gasteiger partial charge in [-0.2, -0.15) is 0 Å². The number of hydrogen-bond acceptors (Lipinski definition) is 1. The fourth-order valence-corrected chi connectivity index (χ4v) is 4.37. The lowest BCUT2D eigenvalue weighted by Gasteiger charge is -2.29. The molecule has 0 bridgehead atoms. The standard InChI is InChI=1S/C25H28N2O/c1-27-17-23(22-10-6-3-7-11-22)24(18-27)25(28)26-16-19-12-14-21(15-13-19)20-8-4-2-5-9-20/h2-11,17-19,21H,12-16H2,1H3,(H,26,28). The van der Waals surface area contributed by atoms with Crippen LogP contribution in [0.25, 0.3) is 11.1 Å². The minimum absolute atomic E-state index is 0.0321. The summed E-state index contributed by atoms with van der Waals surface area (Å²) in [7, 11) is 1.97. The molecule has 3 nitrogen and oxygen atoms in total. The molecule has 1 aliphatic rings. The first kappa shape index (κ1) is 18.5. The fourth-order valence-electron chi connectivity index (χ4n) is 4.37. The van der Waals surface area contributed by atoms with Crippen molar-refractivity contribution in [2.24, 2.45) is 13.0 Å². The van der Waals surface area contributed by atoms with Crippen LogP contribution in [0.5, 0.6) is 0 Å². The van der Waals surface area contributed by atoms with Crippen LogP contribution in [0.2, 0.25) is 0 Å². The first-order valence-corrected chi connectivity index (χ1v) is 10.2. The Labute approximate surface area is 167 Å². The molecule has 0 spiro atoms. The van der Waals surface area contributed by atoms with E-state index in [1.165, 1.54) is 31.2 Å². The molecular weight excluding hydrogens is 344 g/mol. The molecule has 2 aromatic carbocycles. The van der Waals surface area contributed by atoms with Gasteiger partial charge in [0, 0.05) is 31.5 Å². The van der Waals surface area contributed by atoms with Gasteiger partial charge in [0.25, 0.3) is 5.91 Å². The van der Waals surface area contributed by atoms with Crippen molar-refractivity contribution in [1.82, 2.24) is 9.88 Å². The van der Waals surface area contributed by atoms with Gasteiger partial charge in [0.15, 0.2) is 0 Å². The van der Waals surface area contributed by atoms with Gasteiger partial charge in [0.05, 0.1) is 5.56 Å². The minimum Gasteiger partial charge on any atom is -0.356 e. The monoisotopic (exact) mass is 372 g/mol. The van der Waals surface area contributed by atoms with Crippen LogP contribution in [-0.4, -0.2) is 17.0 Å². The average molecular weight is 373 g/mol. The van der Waals surface area contributed by atoms with E-state index >= 15 is 0 Å². The lowest BCUT2D eigenvalue weighted by atomic mass is 9.78. The van der Waals surface area contributed by atoms with Crippen LogP contribution in [0, 0.1) is 5.92 Å². The number of amides is 1. The molecule has 0 aliphatic heterocycles. The van der Waals surface area contributed by atoms with E-state index in [2.05, 4.69) is 47.8 Å². The molecule has 0 unspecified atom stereocenters. The SMILES string of the molecule is Cn1cc(C(=O)NCC2CCC(c3ccccc3)CC2)c(-c2ccccc2)c1. The predicted octanol–water partition coefficient (Wildman–Crippen LogP) is 5.40. The molecule has 0 atom stereocenters. The second kappa shape index (κ2) is 8.47. The van der Waals surface area contributed by atoms with Crippen LogP contribution >= 0.6 is 0 Å². The summed E-state index contributed by atoms with van der Waals surface area (Å²) in [6.45, 7) is 0.767. The number of nitrogens with one attached hydrogen (secondary N) is 1. The second-order valence-electron chi connectivity index (χ2n) is 7.96. The van der Waals surface area contributed by atoms with Crippen molar-refractivity contribution in [1.29, 1.82) is 0 Å². The van der Waals surface area contributed by atoms with Gasteiger partial charge >= 0.3 is 0 Å². The number of hydrogen-bond donors (Lipinski definition) is 1. The molecule has 1 heterocycles. The van der Waals surface area contributed by atoms with E-state index in [0.717, 1.165) is 23.2 Å². The highest BCUT2D eigenvalue weighted by Gasteiger charge is 2.23. The summed E-state index contributed by atoms with van der Waals surface area (Å²) in [6, 6.07) is 21.0. The van der Waals surface area contributed by atoms with Gasteiger partial charge in [-0.15, -0.1) is 0 Å². The molecule has 1 saturated carbocycles. The molecule has 1 amide bonds. The van der Waals surface area contributed by atoms with Crippen LogP contribution in [-0.2, 0) is 7.05 Å². The van der Waals surface area contributed by atoms with E-state index in [0.29, 0.717) is 11.8 Å². The lowest BCUT2D eigenvalue weighted by Crippen LogP contribution is -2.31. The Morgan fingerprint density at radius 2 is 1.57 bits per heavy atom. The van der Waals surface area contributed by atoms with E-state index in [-0.39, 0.29) is 5.91 Å². The maximum Gasteiger partial charge on any atom is 0.253 e. The quantitative estimate of drug-likeness (QED) is 0.639. The Kier molecular flexibility index (Phi) is 5.61. The molecule has 1 fully saturated rings. The molecule has 0 radical (unpaired) electrons. The minimum atomic E-state index is 0.0321. The van der Waals surface area contributed by atoms with Crippen LogP contribution in [0.3, 0.4) is 0 Å². The summed E-state index contributed by atoms with van der Waals surface area (Å²) in [5, 5.41) is 3.19. The fraction of sp³-hybridized carbons (Fsp3) is 0.320. The van der Waals surface area contributed by atoms with Crippen LogP contribution in [0.15, 0.2) is 73.1 Å². The summed E-state index contributed by atoms with van der Waals surface area (Å²) < 4.78 is 1.96. The van der Waals surface area contributed by atoms with Crippen molar-refractivity contribution >= 4 is 5.91 Å². The zero-order chi connectivity index (χ0) is 19.3. The van der Waals surface area contributed by atoms with Gasteiger partial charge in [0.1, 0.15) is 0 Å². The molecule has 1 aliphatic carbocycles. The highest BCUT2D eigenvalue weighted by Crippen LogP contribution is 2.35. The first-order valence-electron chi connectivity index (χ1n) is 10.2. The van der Waals surface area contributed by atoms with Crippen molar-refractivity contribution in [3.05, 3.63) is 84.2 Å². The van der Waals surface area contributed by atoms with Crippen molar-refractivity contribution in [3.63, 3.8) is 0 Å². The zero-order valence-electron chi connectivity index (χ0n) is 16.5. The molecular formula is C25H28N2O. The number of carbonyl (C=O) groups is 1. The largest absolute Gasteiger partial charge is 0.356 e. The first-order chi connectivity index (χ1) is 13.7. The normalized spacial score (nSPS) is 19.3. The summed E-state index contributed by atoms with van der Waals surface area (Å²) >= 11 is 0. The van der Waals surface area contributed by atoms with Crippen molar-refractivity contribution < 1.29 is 4.79 Å². The smallest absolute Gasteiger partial charge is 0.253 e. The Hall–Kier alpha value is -2.81. The van der Waals surface area contributed by atoms with E-state index in [9.17, 15) is 4.79 Å². The number of rotatable bonds is 5. The van der Waals surface area contributed by atoms with E-state index in [1.54, 1.807) is 0 Å². The molecule has 3 heteroatoms. The molecule has 3 aromatic rings. The van der Waals surface area contributed by atoms with Crippen LogP contribution in [0.4, 0.5) is 0 Å². The summed E-state index contributed by atoms with van der Waals surface area (Å²) in [4.78, 5) is 12.9. The predicted molar refractivity (Wildman–Crippen MR) is 114 cm³/mol. The Morgan fingerprint density at radius 1 is 0.929 bits per heavy atom. The molecule has 28 heavy (non-hydrogen) atoms. The lowest BCUT2D eigenvalue weighted by molar-refractivity contribution is 0.0943. The average Bonchev–Trinajstić information content (AvgIpc) is 3.15. The van der Waals surface area contributed by atoms with E-state index in [1.807, 2.05) is 42.2 Å². The number of aryl methyl sites for hydroxylation is 1. The van der Waals surface area contributed by atoms with Gasteiger partial charge in [-0.05, 0) is 48.6 Å². The topological polar surface area (TPSA) is 34.0 Å². The summed E-state index contributed by atoms with van der Waals surface area (Å²) in [6.07, 6.45) is 8.73. The molecule has 1 N–H and O–H groups in total. The Bertz CT molecular complexity index is 906. The van der Waals surface area contributed by atoms with E-state index in [4.69, 9.17) is 0 Å². The van der Waals surface area contributed by atoms with Crippen molar-refractivity contribution in [3.8, 4) is 11.1 Å². The second-order valence-corrected chi connectivity index (χ2v) is 7.96. The highest BCUT2D eigenvalue weighted by atomic mass is 16.1. The third-order valence-corrected chi connectivity index (χ3v) is 5.95. The Balaban J connectivity index is 1.35. The van der Waals surface area contributed by atoms with E-state index < -0.39 is 0 Å². The molecule has 1 aromatic heterocycles. The maximum atomic E-state index is 12.9. The summed E-state index contributed by atoms with van der Waals surface area (Å²) in [5.41, 5.74) is 4.29. The third kappa shape index (κ3) is 4.19. The zero-order valence-corrected chi connectivity index (χ0v) is 16.5. The van der Waals surface area contributed by atoms with Crippen molar-refractivity contribution in [2.75, 3.05) is 6.54 Å². The number of carbonyl (C=O) groups excluding carboxylic acids is 1. The van der Waals surface area contributed by atoms with Gasteiger partial charge in [-0.1, -0.05) is 60.7 Å². The summed E-state index contributed by atoms with van der Waals surface area (Å²) in [5.74, 6) is 1.28. The number of benzene rings is 2. The molecule has 0 saturated heterocycles. The Morgan fingerprint density at radius 3 is 2.25 bits per heavy atom. The number of aromatic nitrogens is 1. The third-order valence-electron chi connectivity index (χ3n) is 5.95. The molecule has 144 valence electrons. The highest BCUT2D eigenvalue weighted by molar-refractivity contribution is 6.00. The van der Waals surface area contributed by atoms with Gasteiger partial charge in [0.2, 0.25) is 0 Å². The van der Waals surface area contributed by atoms with Gasteiger partial charge in [-0.3, -0.25) is 4.79 Å². The van der Waals surface area contributed by atoms with Crippen LogP contribution in [0.1, 0.15) is 47.5 Å².